The largest absolute Gasteiger partial charge is 0.477 e. The molecule has 1 aromatic carbocycles. The van der Waals surface area contributed by atoms with E-state index in [1.807, 2.05) is 43.6 Å². The Morgan fingerprint density at radius 2 is 1.92 bits per heavy atom. The number of benzene rings is 1. The Kier molecular flexibility index (Phi) is 4.40. The quantitative estimate of drug-likeness (QED) is 0.793. The second-order valence-electron chi connectivity index (χ2n) is 5.40. The van der Waals surface area contributed by atoms with E-state index in [9.17, 15) is 4.79 Å². The Labute approximate surface area is 144 Å². The van der Waals surface area contributed by atoms with Crippen molar-refractivity contribution in [1.82, 2.24) is 14.8 Å². The van der Waals surface area contributed by atoms with Gasteiger partial charge in [-0.15, -0.1) is 0 Å². The lowest BCUT2D eigenvalue weighted by Crippen LogP contribution is -2.02. The van der Waals surface area contributed by atoms with Crippen LogP contribution in [0, 0.1) is 11.3 Å². The molecule has 0 aliphatic heterocycles. The van der Waals surface area contributed by atoms with Crippen molar-refractivity contribution in [2.24, 2.45) is 7.05 Å². The van der Waals surface area contributed by atoms with Crippen LogP contribution in [0.2, 0.25) is 0 Å². The van der Waals surface area contributed by atoms with Gasteiger partial charge in [-0.2, -0.15) is 10.4 Å². The molecular weight excluding hydrogens is 316 g/mol. The summed E-state index contributed by atoms with van der Waals surface area (Å²) in [4.78, 5) is 15.0. The molecule has 0 aliphatic rings. The van der Waals surface area contributed by atoms with Crippen molar-refractivity contribution in [2.75, 3.05) is 0 Å². The Hall–Kier alpha value is -3.72. The van der Waals surface area contributed by atoms with Gasteiger partial charge in [0.2, 0.25) is 0 Å². The van der Waals surface area contributed by atoms with Gasteiger partial charge in [-0.25, -0.2) is 9.78 Å². The van der Waals surface area contributed by atoms with Gasteiger partial charge < -0.3 is 5.11 Å². The summed E-state index contributed by atoms with van der Waals surface area (Å²) in [7, 11) is 1.87. The number of hydrogen-bond donors (Lipinski definition) is 1. The van der Waals surface area contributed by atoms with Gasteiger partial charge in [-0.05, 0) is 29.3 Å². The third kappa shape index (κ3) is 3.62. The average Bonchev–Trinajstić information content (AvgIpc) is 3.06. The van der Waals surface area contributed by atoms with Gasteiger partial charge in [0.15, 0.2) is 0 Å². The molecule has 0 atom stereocenters. The van der Waals surface area contributed by atoms with Crippen LogP contribution in [0.5, 0.6) is 0 Å². The Balaban J connectivity index is 1.86. The third-order valence-electron chi connectivity index (χ3n) is 3.65. The number of aryl methyl sites for hydroxylation is 1. The molecule has 0 spiro atoms. The minimum absolute atomic E-state index is 0.0921. The summed E-state index contributed by atoms with van der Waals surface area (Å²) >= 11 is 0. The van der Waals surface area contributed by atoms with Crippen molar-refractivity contribution < 1.29 is 9.90 Å². The minimum atomic E-state index is -1.13. The summed E-state index contributed by atoms with van der Waals surface area (Å²) in [6.45, 7) is 0. The van der Waals surface area contributed by atoms with Crippen LogP contribution in [0.3, 0.4) is 0 Å². The van der Waals surface area contributed by atoms with E-state index in [1.54, 1.807) is 23.0 Å². The van der Waals surface area contributed by atoms with Crippen LogP contribution in [0.4, 0.5) is 0 Å². The van der Waals surface area contributed by atoms with Gasteiger partial charge in [-0.3, -0.25) is 4.68 Å². The van der Waals surface area contributed by atoms with Gasteiger partial charge in [0.25, 0.3) is 0 Å². The maximum absolute atomic E-state index is 11.0. The van der Waals surface area contributed by atoms with Crippen LogP contribution in [0.15, 0.2) is 48.8 Å². The van der Waals surface area contributed by atoms with E-state index >= 15 is 0 Å². The number of carbonyl (C=O) groups is 1. The fourth-order valence-corrected chi connectivity index (χ4v) is 2.35. The summed E-state index contributed by atoms with van der Waals surface area (Å²) in [5, 5.41) is 22.3. The van der Waals surface area contributed by atoms with Crippen LogP contribution >= 0.6 is 0 Å². The zero-order valence-electron chi connectivity index (χ0n) is 13.4. The smallest absolute Gasteiger partial charge is 0.354 e. The van der Waals surface area contributed by atoms with E-state index in [4.69, 9.17) is 10.4 Å². The molecular formula is C19H14N4O2. The fraction of sp³-hybridized carbons (Fsp3) is 0.0526. The normalized spacial score (nSPS) is 10.7. The number of aromatic carboxylic acids is 1. The summed E-state index contributed by atoms with van der Waals surface area (Å²) in [6, 6.07) is 12.6. The molecule has 0 radical (unpaired) electrons. The number of pyridine rings is 1. The fourth-order valence-electron chi connectivity index (χ4n) is 2.35. The standard InChI is InChI=1S/C19H14N4O2/c1-23-12-16(11-21-23)14-5-2-13(3-6-14)4-8-17-15(10-20)7-9-18(22-17)19(24)25/h2-9,11-12H,1H3,(H,24,25)/b8-4+. The van der Waals surface area contributed by atoms with Crippen LogP contribution in [-0.4, -0.2) is 25.8 Å². The number of carboxylic acid groups (broad SMARTS) is 1. The van der Waals surface area contributed by atoms with Crippen LogP contribution in [-0.2, 0) is 7.05 Å². The Bertz CT molecular complexity index is 995. The monoisotopic (exact) mass is 330 g/mol. The molecule has 0 aliphatic carbocycles. The Morgan fingerprint density at radius 1 is 1.16 bits per heavy atom. The molecule has 2 aromatic heterocycles. The number of aromatic nitrogens is 3. The topological polar surface area (TPSA) is 91.8 Å². The van der Waals surface area contributed by atoms with Gasteiger partial charge in [0.05, 0.1) is 17.5 Å². The van der Waals surface area contributed by atoms with E-state index in [1.165, 1.54) is 12.1 Å². The number of carboxylic acids is 1. The summed E-state index contributed by atoms with van der Waals surface area (Å²) in [5.41, 5.74) is 3.56. The molecule has 0 amide bonds. The van der Waals surface area contributed by atoms with Gasteiger partial charge >= 0.3 is 5.97 Å². The zero-order chi connectivity index (χ0) is 17.8. The number of nitriles is 1. The lowest BCUT2D eigenvalue weighted by atomic mass is 10.1. The van der Waals surface area contributed by atoms with Gasteiger partial charge in [0.1, 0.15) is 11.8 Å². The first-order valence-corrected chi connectivity index (χ1v) is 7.48. The molecule has 0 fully saturated rings. The van der Waals surface area contributed by atoms with Gasteiger partial charge in [0, 0.05) is 18.8 Å². The van der Waals surface area contributed by atoms with E-state index in [0.717, 1.165) is 16.7 Å². The van der Waals surface area contributed by atoms with Crippen molar-refractivity contribution in [2.45, 2.75) is 0 Å². The molecule has 1 N–H and O–H groups in total. The molecule has 25 heavy (non-hydrogen) atoms. The minimum Gasteiger partial charge on any atom is -0.477 e. The highest BCUT2D eigenvalue weighted by atomic mass is 16.4. The molecule has 6 nitrogen and oxygen atoms in total. The van der Waals surface area contributed by atoms with Crippen molar-refractivity contribution >= 4 is 18.1 Å². The SMILES string of the molecule is Cn1cc(-c2ccc(/C=C/c3nc(C(=O)O)ccc3C#N)cc2)cn1. The predicted molar refractivity (Wildman–Crippen MR) is 93.5 cm³/mol. The Morgan fingerprint density at radius 3 is 2.52 bits per heavy atom. The molecule has 0 saturated carbocycles. The number of hydrogen-bond acceptors (Lipinski definition) is 4. The molecule has 0 saturated heterocycles. The maximum Gasteiger partial charge on any atom is 0.354 e. The lowest BCUT2D eigenvalue weighted by Gasteiger charge is -2.01. The highest BCUT2D eigenvalue weighted by molar-refractivity contribution is 5.86. The second kappa shape index (κ2) is 6.81. The first-order chi connectivity index (χ1) is 12.1. The van der Waals surface area contributed by atoms with E-state index in [-0.39, 0.29) is 5.69 Å². The van der Waals surface area contributed by atoms with Crippen LogP contribution < -0.4 is 0 Å². The molecule has 0 bridgehead atoms. The second-order valence-corrected chi connectivity index (χ2v) is 5.40. The van der Waals surface area contributed by atoms with E-state index in [2.05, 4.69) is 10.1 Å². The zero-order valence-corrected chi connectivity index (χ0v) is 13.4. The molecule has 0 unspecified atom stereocenters. The van der Waals surface area contributed by atoms with Gasteiger partial charge in [-0.1, -0.05) is 30.3 Å². The first-order valence-electron chi connectivity index (χ1n) is 7.48. The molecule has 122 valence electrons. The van der Waals surface area contributed by atoms with Crippen molar-refractivity contribution in [3.8, 4) is 17.2 Å². The van der Waals surface area contributed by atoms with Crippen molar-refractivity contribution in [3.63, 3.8) is 0 Å². The number of rotatable bonds is 4. The van der Waals surface area contributed by atoms with E-state index < -0.39 is 5.97 Å². The van der Waals surface area contributed by atoms with Crippen molar-refractivity contribution in [1.29, 1.82) is 5.26 Å². The number of nitrogens with zero attached hydrogens (tertiary/aromatic N) is 4. The molecule has 3 aromatic rings. The predicted octanol–water partition coefficient (Wildman–Crippen LogP) is 3.22. The molecule has 3 rings (SSSR count). The third-order valence-corrected chi connectivity index (χ3v) is 3.65. The highest BCUT2D eigenvalue weighted by Gasteiger charge is 2.08. The van der Waals surface area contributed by atoms with Crippen molar-refractivity contribution in [3.05, 3.63) is 71.3 Å². The molecule has 2 heterocycles. The summed E-state index contributed by atoms with van der Waals surface area (Å²) in [5.74, 6) is -1.13. The summed E-state index contributed by atoms with van der Waals surface area (Å²) in [6.07, 6.45) is 7.17. The lowest BCUT2D eigenvalue weighted by molar-refractivity contribution is 0.0690. The van der Waals surface area contributed by atoms with Crippen LogP contribution in [0.1, 0.15) is 27.3 Å². The summed E-state index contributed by atoms with van der Waals surface area (Å²) < 4.78 is 1.74. The average molecular weight is 330 g/mol. The first kappa shape index (κ1) is 16.1. The van der Waals surface area contributed by atoms with E-state index in [0.29, 0.717) is 11.3 Å². The highest BCUT2D eigenvalue weighted by Crippen LogP contribution is 2.20. The van der Waals surface area contributed by atoms with Crippen LogP contribution in [0.25, 0.3) is 23.3 Å². The molecule has 6 heteroatoms. The maximum atomic E-state index is 11.0.